The SMILES string of the molecule is COCCN1CCC(C(=O)NO)(S(=O)(=O)N2CCN(c3ccc(OCC(F)(F)F)cc3)CC2)CC1.Cl.Cl. The number of piperazine rings is 1. The quantitative estimate of drug-likeness (QED) is 0.328. The highest BCUT2D eigenvalue weighted by Crippen LogP contribution is 2.34. The first-order chi connectivity index (χ1) is 16.5. The van der Waals surface area contributed by atoms with Crippen LogP contribution in [-0.4, -0.2) is 106 Å². The van der Waals surface area contributed by atoms with E-state index in [2.05, 4.69) is 0 Å². The van der Waals surface area contributed by atoms with Crippen LogP contribution in [0.4, 0.5) is 18.9 Å². The number of alkyl halides is 3. The van der Waals surface area contributed by atoms with Crippen LogP contribution in [0.3, 0.4) is 0 Å². The van der Waals surface area contributed by atoms with Crippen molar-refractivity contribution in [3.63, 3.8) is 0 Å². The van der Waals surface area contributed by atoms with Crippen molar-refractivity contribution in [3.05, 3.63) is 24.3 Å². The lowest BCUT2D eigenvalue weighted by atomic mass is 9.95. The third-order valence-corrected chi connectivity index (χ3v) is 9.09. The molecule has 2 aliphatic heterocycles. The van der Waals surface area contributed by atoms with E-state index in [1.165, 1.54) is 16.4 Å². The molecule has 0 spiro atoms. The van der Waals surface area contributed by atoms with E-state index in [9.17, 15) is 31.6 Å². The number of methoxy groups -OCH3 is 1. The van der Waals surface area contributed by atoms with Crippen LogP contribution in [0, 0.1) is 0 Å². The number of halogens is 5. The second kappa shape index (κ2) is 14.0. The zero-order valence-corrected chi connectivity index (χ0v) is 22.7. The standard InChI is InChI=1S/C21H31F3N4O6S.2ClH/c1-33-15-14-26-8-6-20(7-9-26,19(29)25-30)35(31,32)28-12-10-27(11-13-28)17-2-4-18(5-3-17)34-16-21(22,23)24;;/h2-5,30H,6-16H2,1H3,(H,25,29);2*1H. The van der Waals surface area contributed by atoms with Crippen LogP contribution >= 0.6 is 24.8 Å². The average molecular weight is 597 g/mol. The van der Waals surface area contributed by atoms with Crippen molar-refractivity contribution in [2.24, 2.45) is 0 Å². The minimum atomic E-state index is -4.43. The highest BCUT2D eigenvalue weighted by atomic mass is 35.5. The lowest BCUT2D eigenvalue weighted by Crippen LogP contribution is -2.63. The molecule has 0 aliphatic carbocycles. The minimum absolute atomic E-state index is 0. The van der Waals surface area contributed by atoms with Crippen LogP contribution < -0.4 is 15.1 Å². The van der Waals surface area contributed by atoms with Gasteiger partial charge in [-0.3, -0.25) is 10.0 Å². The fraction of sp³-hybridized carbons (Fsp3) is 0.667. The van der Waals surface area contributed by atoms with Gasteiger partial charge in [0.1, 0.15) is 5.75 Å². The molecule has 0 saturated carbocycles. The maximum absolute atomic E-state index is 13.6. The number of anilines is 1. The molecule has 0 aromatic heterocycles. The number of rotatable bonds is 9. The van der Waals surface area contributed by atoms with Gasteiger partial charge in [0.15, 0.2) is 11.4 Å². The van der Waals surface area contributed by atoms with Crippen molar-refractivity contribution >= 4 is 46.4 Å². The van der Waals surface area contributed by atoms with Crippen LogP contribution in [0.2, 0.25) is 0 Å². The Morgan fingerprint density at radius 2 is 1.62 bits per heavy atom. The predicted molar refractivity (Wildman–Crippen MR) is 135 cm³/mol. The number of nitrogens with zero attached hydrogens (tertiary/aromatic N) is 3. The molecule has 0 bridgehead atoms. The van der Waals surface area contributed by atoms with Crippen LogP contribution in [0.1, 0.15) is 12.8 Å². The van der Waals surface area contributed by atoms with E-state index >= 15 is 0 Å². The summed E-state index contributed by atoms with van der Waals surface area (Å²) in [6, 6.07) is 6.10. The third kappa shape index (κ3) is 7.97. The Morgan fingerprint density at radius 3 is 2.11 bits per heavy atom. The highest BCUT2D eigenvalue weighted by molar-refractivity contribution is 7.91. The molecule has 214 valence electrons. The van der Waals surface area contributed by atoms with Gasteiger partial charge in [-0.2, -0.15) is 17.5 Å². The van der Waals surface area contributed by atoms with Gasteiger partial charge in [-0.25, -0.2) is 13.9 Å². The molecule has 2 saturated heterocycles. The molecule has 2 heterocycles. The number of nitrogens with one attached hydrogen (secondary N) is 1. The van der Waals surface area contributed by atoms with Gasteiger partial charge in [0.25, 0.3) is 5.91 Å². The van der Waals surface area contributed by atoms with Crippen molar-refractivity contribution in [2.45, 2.75) is 23.8 Å². The number of hydrogen-bond donors (Lipinski definition) is 2. The molecule has 16 heteroatoms. The summed E-state index contributed by atoms with van der Waals surface area (Å²) >= 11 is 0. The normalized spacial score (nSPS) is 18.9. The second-order valence-electron chi connectivity index (χ2n) is 8.56. The zero-order valence-electron chi connectivity index (χ0n) is 20.3. The summed E-state index contributed by atoms with van der Waals surface area (Å²) in [4.78, 5) is 16.6. The van der Waals surface area contributed by atoms with Gasteiger partial charge >= 0.3 is 6.18 Å². The number of amides is 1. The third-order valence-electron chi connectivity index (χ3n) is 6.47. The summed E-state index contributed by atoms with van der Waals surface area (Å²) in [5.74, 6) is -0.846. The van der Waals surface area contributed by atoms with E-state index < -0.39 is 33.5 Å². The molecule has 2 N–H and O–H groups in total. The van der Waals surface area contributed by atoms with Crippen molar-refractivity contribution in [1.29, 1.82) is 0 Å². The van der Waals surface area contributed by atoms with E-state index in [0.29, 0.717) is 39.3 Å². The molecule has 1 aromatic carbocycles. The van der Waals surface area contributed by atoms with Crippen molar-refractivity contribution in [3.8, 4) is 5.75 Å². The van der Waals surface area contributed by atoms with Crippen LogP contribution in [-0.2, 0) is 19.6 Å². The fourth-order valence-corrected chi connectivity index (χ4v) is 6.53. The van der Waals surface area contributed by atoms with E-state index in [1.54, 1.807) is 24.7 Å². The van der Waals surface area contributed by atoms with Crippen molar-refractivity contribution in [2.75, 3.05) is 71.0 Å². The summed E-state index contributed by atoms with van der Waals surface area (Å²) in [6.07, 6.45) is -4.33. The van der Waals surface area contributed by atoms with E-state index in [-0.39, 0.29) is 56.5 Å². The number of hydrogen-bond acceptors (Lipinski definition) is 8. The van der Waals surface area contributed by atoms with Crippen LogP contribution in [0.5, 0.6) is 5.75 Å². The number of benzene rings is 1. The summed E-state index contributed by atoms with van der Waals surface area (Å²) in [7, 11) is -2.51. The first-order valence-electron chi connectivity index (χ1n) is 11.2. The fourth-order valence-electron chi connectivity index (χ4n) is 4.41. The van der Waals surface area contributed by atoms with E-state index in [4.69, 9.17) is 9.47 Å². The Labute approximate surface area is 226 Å². The Balaban J connectivity index is 0.00000342. The number of hydroxylamine groups is 1. The van der Waals surface area contributed by atoms with Crippen molar-refractivity contribution in [1.82, 2.24) is 14.7 Å². The number of sulfonamides is 1. The van der Waals surface area contributed by atoms with Crippen LogP contribution in [0.25, 0.3) is 0 Å². The number of carbonyl (C=O) groups is 1. The molecule has 0 unspecified atom stereocenters. The lowest BCUT2D eigenvalue weighted by molar-refractivity contribution is -0.153. The lowest BCUT2D eigenvalue weighted by Gasteiger charge is -2.44. The molecule has 10 nitrogen and oxygen atoms in total. The van der Waals surface area contributed by atoms with E-state index in [1.807, 2.05) is 9.80 Å². The summed E-state index contributed by atoms with van der Waals surface area (Å²) in [5, 5.41) is 9.32. The minimum Gasteiger partial charge on any atom is -0.484 e. The van der Waals surface area contributed by atoms with Gasteiger partial charge < -0.3 is 19.3 Å². The van der Waals surface area contributed by atoms with Gasteiger partial charge in [0.2, 0.25) is 10.0 Å². The Kier molecular flexibility index (Phi) is 12.7. The molecular formula is C21H33Cl2F3N4O6S. The monoisotopic (exact) mass is 596 g/mol. The zero-order chi connectivity index (χ0) is 25.7. The maximum Gasteiger partial charge on any atom is 0.422 e. The highest BCUT2D eigenvalue weighted by Gasteiger charge is 2.55. The smallest absolute Gasteiger partial charge is 0.422 e. The van der Waals surface area contributed by atoms with Gasteiger partial charge in [0.05, 0.1) is 6.61 Å². The summed E-state index contributed by atoms with van der Waals surface area (Å²) in [5.41, 5.74) is 2.28. The van der Waals surface area contributed by atoms with Gasteiger partial charge in [-0.05, 0) is 37.1 Å². The number of piperidine rings is 1. The van der Waals surface area contributed by atoms with Gasteiger partial charge in [-0.15, -0.1) is 24.8 Å². The van der Waals surface area contributed by atoms with Gasteiger partial charge in [-0.1, -0.05) is 0 Å². The molecule has 0 radical (unpaired) electrons. The molecule has 37 heavy (non-hydrogen) atoms. The molecule has 2 aliphatic rings. The summed E-state index contributed by atoms with van der Waals surface area (Å²) in [6.45, 7) is 1.39. The molecule has 2 fully saturated rings. The summed E-state index contributed by atoms with van der Waals surface area (Å²) < 4.78 is 73.5. The molecule has 3 rings (SSSR count). The first-order valence-corrected chi connectivity index (χ1v) is 12.7. The molecule has 1 amide bonds. The Hall–Kier alpha value is -1.55. The molecular weight excluding hydrogens is 564 g/mol. The largest absolute Gasteiger partial charge is 0.484 e. The van der Waals surface area contributed by atoms with Crippen molar-refractivity contribution < 1.29 is 41.1 Å². The number of likely N-dealkylation sites (tertiary alicyclic amines) is 1. The predicted octanol–water partition coefficient (Wildman–Crippen LogP) is 1.91. The maximum atomic E-state index is 13.6. The first kappa shape index (κ1) is 33.5. The number of carbonyl (C=O) groups excluding carboxylic acids is 1. The second-order valence-corrected chi connectivity index (χ2v) is 10.8. The Bertz CT molecular complexity index is 956. The van der Waals surface area contributed by atoms with Gasteiger partial charge in [0, 0.05) is 58.6 Å². The molecule has 0 atom stereocenters. The number of ether oxygens (including phenoxy) is 2. The molecule has 1 aromatic rings. The van der Waals surface area contributed by atoms with E-state index in [0.717, 1.165) is 5.69 Å². The Morgan fingerprint density at radius 1 is 1.05 bits per heavy atom. The average Bonchev–Trinajstić information content (AvgIpc) is 2.86. The van der Waals surface area contributed by atoms with Crippen LogP contribution in [0.15, 0.2) is 24.3 Å². The topological polar surface area (TPSA) is 112 Å².